The van der Waals surface area contributed by atoms with Crippen molar-refractivity contribution in [1.29, 1.82) is 5.26 Å². The molecule has 0 bridgehead atoms. The number of halogens is 6. The van der Waals surface area contributed by atoms with Crippen molar-refractivity contribution < 1.29 is 35.9 Å². The second kappa shape index (κ2) is 15.3. The molecule has 0 radical (unpaired) electrons. The van der Waals surface area contributed by atoms with Crippen molar-refractivity contribution in [3.8, 4) is 23.2 Å². The number of hydrogen-bond acceptors (Lipinski definition) is 9. The van der Waals surface area contributed by atoms with Crippen LogP contribution in [-0.2, 0) is 11.0 Å². The summed E-state index contributed by atoms with van der Waals surface area (Å²) in [5.74, 6) is -1.30. The van der Waals surface area contributed by atoms with Gasteiger partial charge in [-0.2, -0.15) is 28.4 Å². The van der Waals surface area contributed by atoms with Crippen molar-refractivity contribution in [2.45, 2.75) is 70.3 Å². The third kappa shape index (κ3) is 7.57. The standard InChI is InChI=1S/C21H14F5N5OS.C8H13NO.C7H12FN/c1-3-29-19-9-6-11(21(24,25)26)14(15(23)16(9)30-20(31-19)32-2)8-4-5-12(22)17-13(8)10(7-27)18(28)33-17;10-8(7-3-4-7)9-5-1-2-6-9;8-6-4-7-2-1-3-9(7)5-6/h4-6H,3,28H2,1-2H3,(H,29,30,31);7H,1-6H2;6-7H,1-5H2. The number of nitrogen functional groups attached to an aromatic ring is 1. The van der Waals surface area contributed by atoms with E-state index in [1.54, 1.807) is 13.0 Å². The molecule has 5 heterocycles. The number of ether oxygens (including phenoxy) is 1. The molecule has 4 aliphatic rings. The van der Waals surface area contributed by atoms with Crippen molar-refractivity contribution in [2.24, 2.45) is 5.92 Å². The molecular weight excluding hydrogens is 708 g/mol. The van der Waals surface area contributed by atoms with Crippen LogP contribution in [0.4, 0.5) is 37.2 Å². The number of aromatic nitrogens is 2. The molecule has 8 rings (SSSR count). The van der Waals surface area contributed by atoms with Crippen molar-refractivity contribution in [3.63, 3.8) is 0 Å². The van der Waals surface area contributed by atoms with Gasteiger partial charge in [-0.25, -0.2) is 13.2 Å². The van der Waals surface area contributed by atoms with Gasteiger partial charge in [-0.1, -0.05) is 6.07 Å². The zero-order valence-corrected chi connectivity index (χ0v) is 29.6. The van der Waals surface area contributed by atoms with Crippen LogP contribution in [0.1, 0.15) is 63.0 Å². The number of nitrogens with two attached hydrogens (primary N) is 1. The lowest BCUT2D eigenvalue weighted by Crippen LogP contribution is -2.28. The zero-order chi connectivity index (χ0) is 37.3. The largest absolute Gasteiger partial charge is 0.467 e. The Morgan fingerprint density at radius 1 is 1.13 bits per heavy atom. The van der Waals surface area contributed by atoms with Gasteiger partial charge in [0.1, 0.15) is 34.4 Å². The fourth-order valence-electron chi connectivity index (χ4n) is 7.15. The van der Waals surface area contributed by atoms with E-state index in [0.29, 0.717) is 35.7 Å². The van der Waals surface area contributed by atoms with Crippen LogP contribution in [0.5, 0.6) is 6.01 Å². The highest BCUT2D eigenvalue weighted by Gasteiger charge is 2.39. The maximum absolute atomic E-state index is 15.9. The number of rotatable bonds is 5. The average Bonchev–Trinajstić information content (AvgIpc) is 3.38. The molecule has 16 heteroatoms. The number of likely N-dealkylation sites (tertiary alicyclic amines) is 1. The van der Waals surface area contributed by atoms with Gasteiger partial charge in [0.15, 0.2) is 5.82 Å². The molecule has 2 unspecified atom stereocenters. The van der Waals surface area contributed by atoms with E-state index < -0.39 is 40.6 Å². The first-order valence-electron chi connectivity index (χ1n) is 17.3. The number of carbonyl (C=O) groups is 1. The van der Waals surface area contributed by atoms with E-state index >= 15 is 4.39 Å². The minimum atomic E-state index is -5.00. The second-order valence-corrected chi connectivity index (χ2v) is 14.3. The number of fused-ring (bicyclic) bond motifs is 3. The number of thiophene rings is 1. The van der Waals surface area contributed by atoms with Crippen LogP contribution in [0.25, 0.3) is 32.1 Å². The Hall–Kier alpha value is -4.36. The first-order valence-corrected chi connectivity index (χ1v) is 18.1. The van der Waals surface area contributed by atoms with E-state index in [4.69, 9.17) is 10.5 Å². The second-order valence-electron chi connectivity index (χ2n) is 13.3. The highest BCUT2D eigenvalue weighted by atomic mass is 32.1. The van der Waals surface area contributed by atoms with Crippen LogP contribution in [0, 0.1) is 28.9 Å². The lowest BCUT2D eigenvalue weighted by molar-refractivity contribution is -0.137. The summed E-state index contributed by atoms with van der Waals surface area (Å²) in [5.41, 5.74) is 2.59. The molecule has 3 aliphatic heterocycles. The molecule has 3 N–H and O–H groups in total. The van der Waals surface area contributed by atoms with Crippen LogP contribution in [-0.4, -0.2) is 77.7 Å². The van der Waals surface area contributed by atoms with Gasteiger partial charge in [-0.05, 0) is 76.1 Å². The zero-order valence-electron chi connectivity index (χ0n) is 28.8. The van der Waals surface area contributed by atoms with Gasteiger partial charge < -0.3 is 20.7 Å². The summed E-state index contributed by atoms with van der Waals surface area (Å²) in [6.45, 7) is 5.88. The molecule has 1 amide bonds. The molecule has 4 fully saturated rings. The van der Waals surface area contributed by atoms with Crippen LogP contribution in [0.15, 0.2) is 18.2 Å². The number of nitrogens with one attached hydrogen (secondary N) is 1. The fraction of sp³-hybridized carbons (Fsp3) is 0.500. The molecule has 4 aromatic rings. The van der Waals surface area contributed by atoms with Crippen molar-refractivity contribution in [1.82, 2.24) is 19.8 Å². The highest BCUT2D eigenvalue weighted by molar-refractivity contribution is 7.23. The van der Waals surface area contributed by atoms with Crippen molar-refractivity contribution in [2.75, 3.05) is 50.9 Å². The smallest absolute Gasteiger partial charge is 0.417 e. The normalized spacial score (nSPS) is 19.9. The van der Waals surface area contributed by atoms with Crippen LogP contribution in [0.3, 0.4) is 0 Å². The number of nitrogens with zero attached hydrogens (tertiary/aromatic N) is 5. The number of amides is 1. The maximum atomic E-state index is 15.9. The minimum absolute atomic E-state index is 0.0444. The summed E-state index contributed by atoms with van der Waals surface area (Å²) < 4.78 is 90.2. The number of nitriles is 1. The van der Waals surface area contributed by atoms with Crippen molar-refractivity contribution >= 4 is 49.1 Å². The quantitative estimate of drug-likeness (QED) is 0.198. The molecule has 3 saturated heterocycles. The van der Waals surface area contributed by atoms with E-state index in [-0.39, 0.29) is 50.0 Å². The summed E-state index contributed by atoms with van der Waals surface area (Å²) in [6, 6.07) is 4.75. The Bertz CT molecular complexity index is 1990. The lowest BCUT2D eigenvalue weighted by atomic mass is 9.92. The summed E-state index contributed by atoms with van der Waals surface area (Å²) >= 11 is 0.698. The average molecular weight is 748 g/mol. The highest BCUT2D eigenvalue weighted by Crippen LogP contribution is 2.47. The van der Waals surface area contributed by atoms with Gasteiger partial charge in [0.2, 0.25) is 5.91 Å². The summed E-state index contributed by atoms with van der Waals surface area (Å²) in [6.07, 6.45) is 2.55. The molecular formula is C36H39F6N7O2S. The van der Waals surface area contributed by atoms with E-state index in [1.165, 1.54) is 32.8 Å². The topological polar surface area (TPSA) is 120 Å². The molecule has 1 saturated carbocycles. The number of alkyl halides is 4. The molecule has 0 spiro atoms. The monoisotopic (exact) mass is 747 g/mol. The van der Waals surface area contributed by atoms with Gasteiger partial charge in [-0.15, -0.1) is 11.3 Å². The molecule has 278 valence electrons. The number of anilines is 2. The summed E-state index contributed by atoms with van der Waals surface area (Å²) in [5, 5.41) is 11.8. The molecule has 2 atom stereocenters. The Balaban J connectivity index is 0.000000195. The third-order valence-electron chi connectivity index (χ3n) is 9.75. The van der Waals surface area contributed by atoms with E-state index in [2.05, 4.69) is 20.2 Å². The van der Waals surface area contributed by atoms with E-state index in [9.17, 15) is 32.0 Å². The molecule has 2 aromatic carbocycles. The van der Waals surface area contributed by atoms with Gasteiger partial charge in [-0.3, -0.25) is 9.69 Å². The molecule has 9 nitrogen and oxygen atoms in total. The van der Waals surface area contributed by atoms with Gasteiger partial charge in [0, 0.05) is 54.5 Å². The number of carbonyl (C=O) groups excluding carboxylic acids is 1. The molecule has 2 aromatic heterocycles. The fourth-order valence-corrected chi connectivity index (χ4v) is 8.10. The minimum Gasteiger partial charge on any atom is -0.467 e. The Kier molecular flexibility index (Phi) is 11.0. The van der Waals surface area contributed by atoms with Gasteiger partial charge in [0.05, 0.1) is 22.9 Å². The van der Waals surface area contributed by atoms with Crippen LogP contribution >= 0.6 is 11.3 Å². The third-order valence-corrected chi connectivity index (χ3v) is 10.8. The summed E-state index contributed by atoms with van der Waals surface area (Å²) in [4.78, 5) is 23.5. The SMILES string of the molecule is CCNc1nc(OC)nc2c(F)c(-c3ccc(F)c4sc(N)c(C#N)c34)c(C(F)(F)F)cc12.FC1CC2CCCN2C1.O=C(C1CC1)N1CCCC1. The Morgan fingerprint density at radius 2 is 1.87 bits per heavy atom. The number of methoxy groups -OCH3 is 1. The molecule has 1 aliphatic carbocycles. The van der Waals surface area contributed by atoms with Crippen molar-refractivity contribution in [3.05, 3.63) is 41.0 Å². The maximum Gasteiger partial charge on any atom is 0.417 e. The predicted octanol–water partition coefficient (Wildman–Crippen LogP) is 7.91. The molecule has 52 heavy (non-hydrogen) atoms. The number of benzene rings is 2. The van der Waals surface area contributed by atoms with E-state index in [0.717, 1.165) is 57.1 Å². The Labute approximate surface area is 300 Å². The first-order chi connectivity index (χ1) is 24.9. The van der Waals surface area contributed by atoms with E-state index in [1.807, 2.05) is 4.90 Å². The summed E-state index contributed by atoms with van der Waals surface area (Å²) in [7, 11) is 1.23. The predicted molar refractivity (Wildman–Crippen MR) is 188 cm³/mol. The van der Waals surface area contributed by atoms with Gasteiger partial charge in [0.25, 0.3) is 0 Å². The van der Waals surface area contributed by atoms with Crippen LogP contribution < -0.4 is 15.8 Å². The Morgan fingerprint density at radius 3 is 2.48 bits per heavy atom. The lowest BCUT2D eigenvalue weighted by Gasteiger charge is -2.18. The first kappa shape index (κ1) is 37.4. The number of hydrogen-bond donors (Lipinski definition) is 2. The van der Waals surface area contributed by atoms with Crippen LogP contribution in [0.2, 0.25) is 0 Å². The van der Waals surface area contributed by atoms with Gasteiger partial charge >= 0.3 is 12.2 Å².